The molecular weight excluding hydrogens is 681 g/mol. The zero-order valence-corrected chi connectivity index (χ0v) is 29.6. The quantitative estimate of drug-likeness (QED) is 0.154. The van der Waals surface area contributed by atoms with E-state index >= 15 is 0 Å². The largest absolute Gasteiger partial charge is 0.493 e. The Labute approximate surface area is 298 Å². The van der Waals surface area contributed by atoms with E-state index in [-0.39, 0.29) is 41.2 Å². The first-order valence-electron chi connectivity index (χ1n) is 16.5. The number of halogens is 2. The molecule has 0 bridgehead atoms. The van der Waals surface area contributed by atoms with Crippen LogP contribution in [0.25, 0.3) is 0 Å². The highest BCUT2D eigenvalue weighted by molar-refractivity contribution is 7.92. The van der Waals surface area contributed by atoms with E-state index in [1.807, 2.05) is 30.3 Å². The Bertz CT molecular complexity index is 1870. The van der Waals surface area contributed by atoms with Gasteiger partial charge in [0, 0.05) is 30.1 Å². The predicted octanol–water partition coefficient (Wildman–Crippen LogP) is 6.78. The number of hydrogen-bond acceptors (Lipinski definition) is 6. The molecule has 2 amide bonds. The Kier molecular flexibility index (Phi) is 12.4. The number of ether oxygens (including phenoxy) is 2. The number of amides is 2. The minimum atomic E-state index is -4.45. The molecule has 264 valence electrons. The molecule has 0 radical (unpaired) electrons. The third-order valence-corrected chi connectivity index (χ3v) is 10.8. The van der Waals surface area contributed by atoms with E-state index in [0.29, 0.717) is 16.3 Å². The van der Waals surface area contributed by atoms with E-state index in [9.17, 15) is 22.4 Å². The van der Waals surface area contributed by atoms with Crippen LogP contribution in [0.5, 0.6) is 11.5 Å². The lowest BCUT2D eigenvalue weighted by atomic mass is 9.94. The Morgan fingerprint density at radius 2 is 1.54 bits per heavy atom. The molecular formula is C38H41ClFN3O6S. The molecule has 1 atom stereocenters. The fourth-order valence-corrected chi connectivity index (χ4v) is 7.81. The monoisotopic (exact) mass is 721 g/mol. The molecule has 4 aromatic carbocycles. The Balaban J connectivity index is 1.58. The molecule has 0 aliphatic heterocycles. The van der Waals surface area contributed by atoms with Gasteiger partial charge >= 0.3 is 0 Å². The van der Waals surface area contributed by atoms with Gasteiger partial charge in [-0.1, -0.05) is 73.3 Å². The highest BCUT2D eigenvalue weighted by atomic mass is 35.5. The van der Waals surface area contributed by atoms with Gasteiger partial charge in [-0.05, 0) is 72.5 Å². The lowest BCUT2D eigenvalue weighted by Gasteiger charge is -2.35. The Morgan fingerprint density at radius 1 is 0.860 bits per heavy atom. The predicted molar refractivity (Wildman–Crippen MR) is 191 cm³/mol. The van der Waals surface area contributed by atoms with Crippen LogP contribution < -0.4 is 19.1 Å². The highest BCUT2D eigenvalue weighted by Crippen LogP contribution is 2.33. The lowest BCUT2D eigenvalue weighted by Crippen LogP contribution is -2.55. The number of nitrogens with one attached hydrogen (secondary N) is 1. The van der Waals surface area contributed by atoms with E-state index in [1.165, 1.54) is 49.5 Å². The van der Waals surface area contributed by atoms with Crippen molar-refractivity contribution in [2.75, 3.05) is 25.1 Å². The van der Waals surface area contributed by atoms with Gasteiger partial charge in [-0.2, -0.15) is 0 Å². The summed E-state index contributed by atoms with van der Waals surface area (Å²) < 4.78 is 54.4. The topological polar surface area (TPSA) is 105 Å². The lowest BCUT2D eigenvalue weighted by molar-refractivity contribution is -0.140. The maximum Gasteiger partial charge on any atom is 0.264 e. The van der Waals surface area contributed by atoms with Crippen LogP contribution in [-0.2, 0) is 32.6 Å². The van der Waals surface area contributed by atoms with Crippen molar-refractivity contribution in [3.8, 4) is 11.5 Å². The number of sulfonamides is 1. The molecule has 1 N–H and O–H groups in total. The zero-order chi connectivity index (χ0) is 35.7. The molecule has 0 unspecified atom stereocenters. The number of benzene rings is 4. The van der Waals surface area contributed by atoms with Crippen LogP contribution in [0.15, 0.2) is 102 Å². The van der Waals surface area contributed by atoms with E-state index in [2.05, 4.69) is 5.32 Å². The minimum absolute atomic E-state index is 0.0252. The molecule has 1 aliphatic rings. The first kappa shape index (κ1) is 36.7. The fourth-order valence-electron chi connectivity index (χ4n) is 6.17. The van der Waals surface area contributed by atoms with Gasteiger partial charge in [0.05, 0.1) is 24.8 Å². The van der Waals surface area contributed by atoms with Crippen molar-refractivity contribution in [1.29, 1.82) is 0 Å². The zero-order valence-electron chi connectivity index (χ0n) is 28.1. The van der Waals surface area contributed by atoms with E-state index in [1.54, 1.807) is 24.3 Å². The summed E-state index contributed by atoms with van der Waals surface area (Å²) in [5.74, 6) is -1.06. The maximum atomic E-state index is 14.7. The molecule has 1 fully saturated rings. The van der Waals surface area contributed by atoms with Crippen LogP contribution in [0.3, 0.4) is 0 Å². The van der Waals surface area contributed by atoms with Crippen molar-refractivity contribution in [3.05, 3.63) is 119 Å². The average Bonchev–Trinajstić information content (AvgIpc) is 3.12. The number of methoxy groups -OCH3 is 2. The highest BCUT2D eigenvalue weighted by Gasteiger charge is 2.36. The van der Waals surface area contributed by atoms with Crippen LogP contribution in [0.4, 0.5) is 10.1 Å². The Morgan fingerprint density at radius 3 is 2.20 bits per heavy atom. The molecule has 12 heteroatoms. The van der Waals surface area contributed by atoms with Crippen LogP contribution >= 0.6 is 11.6 Å². The minimum Gasteiger partial charge on any atom is -0.493 e. The summed E-state index contributed by atoms with van der Waals surface area (Å²) in [6, 6.07) is 24.2. The first-order chi connectivity index (χ1) is 24.1. The molecule has 9 nitrogen and oxygen atoms in total. The van der Waals surface area contributed by atoms with Crippen molar-refractivity contribution in [1.82, 2.24) is 10.2 Å². The van der Waals surface area contributed by atoms with Crippen molar-refractivity contribution in [2.24, 2.45) is 0 Å². The molecule has 0 aromatic heterocycles. The second-order valence-electron chi connectivity index (χ2n) is 12.2. The average molecular weight is 722 g/mol. The van der Waals surface area contributed by atoms with Crippen molar-refractivity contribution in [3.63, 3.8) is 0 Å². The third-order valence-electron chi connectivity index (χ3n) is 8.80. The van der Waals surface area contributed by atoms with Gasteiger partial charge in [0.2, 0.25) is 11.8 Å². The van der Waals surface area contributed by atoms with Crippen molar-refractivity contribution < 1.29 is 31.9 Å². The van der Waals surface area contributed by atoms with Gasteiger partial charge in [-0.3, -0.25) is 13.9 Å². The summed E-state index contributed by atoms with van der Waals surface area (Å²) in [7, 11) is -1.64. The van der Waals surface area contributed by atoms with E-state index in [0.717, 1.165) is 54.1 Å². The number of nitrogens with zero attached hydrogens (tertiary/aromatic N) is 2. The number of carbonyl (C=O) groups is 2. The van der Waals surface area contributed by atoms with Crippen molar-refractivity contribution >= 4 is 39.1 Å². The number of carbonyl (C=O) groups excluding carboxylic acids is 2. The SMILES string of the molecule is COc1ccc(S(=O)(=O)N(CC(=O)N(Cc2cccc(Cl)c2)[C@@H](Cc2ccccc2)C(=O)NC2CCCCC2)c2ccc(F)cc2)cc1OC. The summed E-state index contributed by atoms with van der Waals surface area (Å²) in [5, 5.41) is 3.63. The van der Waals surface area contributed by atoms with Crippen LogP contribution in [0.2, 0.25) is 5.02 Å². The van der Waals surface area contributed by atoms with Gasteiger partial charge in [0.1, 0.15) is 18.4 Å². The van der Waals surface area contributed by atoms with Crippen molar-refractivity contribution in [2.45, 2.75) is 62.0 Å². The van der Waals surface area contributed by atoms with E-state index in [4.69, 9.17) is 21.1 Å². The van der Waals surface area contributed by atoms with Crippen LogP contribution in [0, 0.1) is 5.82 Å². The molecule has 0 saturated heterocycles. The van der Waals surface area contributed by atoms with Crippen LogP contribution in [0.1, 0.15) is 43.2 Å². The molecule has 4 aromatic rings. The smallest absolute Gasteiger partial charge is 0.264 e. The van der Waals surface area contributed by atoms with Crippen LogP contribution in [-0.4, -0.2) is 58.0 Å². The van der Waals surface area contributed by atoms with Gasteiger partial charge in [-0.15, -0.1) is 0 Å². The molecule has 1 saturated carbocycles. The standard InChI is InChI=1S/C38H41ClFN3O6S/c1-48-35-21-20-33(24-36(35)49-2)50(46,47)43(32-18-16-30(40)17-19-32)26-37(44)42(25-28-12-9-13-29(39)22-28)34(23-27-10-5-3-6-11-27)38(45)41-31-14-7-4-8-15-31/h3,5-6,9-13,16-22,24,31,34H,4,7-8,14-15,23,25-26H2,1-2H3,(H,41,45)/t34-/m0/s1. The first-order valence-corrected chi connectivity index (χ1v) is 18.3. The number of rotatable bonds is 14. The number of anilines is 1. The summed E-state index contributed by atoms with van der Waals surface area (Å²) in [6.45, 7) is -0.715. The van der Waals surface area contributed by atoms with Gasteiger partial charge < -0.3 is 19.7 Å². The summed E-state index contributed by atoms with van der Waals surface area (Å²) >= 11 is 6.34. The maximum absolute atomic E-state index is 14.7. The molecule has 50 heavy (non-hydrogen) atoms. The van der Waals surface area contributed by atoms with Gasteiger partial charge in [-0.25, -0.2) is 12.8 Å². The summed E-state index contributed by atoms with van der Waals surface area (Å²) in [4.78, 5) is 30.2. The summed E-state index contributed by atoms with van der Waals surface area (Å²) in [5.41, 5.74) is 1.54. The summed E-state index contributed by atoms with van der Waals surface area (Å²) in [6.07, 6.45) is 4.97. The molecule has 1 aliphatic carbocycles. The molecule has 0 spiro atoms. The Hall–Kier alpha value is -4.61. The fraction of sp³-hybridized carbons (Fsp3) is 0.316. The molecule has 0 heterocycles. The normalized spacial score (nSPS) is 14.0. The van der Waals surface area contributed by atoms with E-state index < -0.39 is 34.3 Å². The van der Waals surface area contributed by atoms with Gasteiger partial charge in [0.25, 0.3) is 10.0 Å². The molecule has 5 rings (SSSR count). The third kappa shape index (κ3) is 9.13. The second-order valence-corrected chi connectivity index (χ2v) is 14.5. The second kappa shape index (κ2) is 16.9. The number of hydrogen-bond donors (Lipinski definition) is 1. The van der Waals surface area contributed by atoms with Gasteiger partial charge in [0.15, 0.2) is 11.5 Å².